The lowest BCUT2D eigenvalue weighted by Gasteiger charge is -2.35. The van der Waals surface area contributed by atoms with E-state index in [1.807, 2.05) is 0 Å². The van der Waals surface area contributed by atoms with Crippen molar-refractivity contribution in [1.29, 1.82) is 0 Å². The topological polar surface area (TPSA) is 112 Å². The van der Waals surface area contributed by atoms with Crippen LogP contribution in [0.1, 0.15) is 17.3 Å². The highest BCUT2D eigenvalue weighted by atomic mass is 19.1. The van der Waals surface area contributed by atoms with E-state index in [1.165, 1.54) is 25.0 Å². The Morgan fingerprint density at radius 2 is 2.21 bits per heavy atom. The highest BCUT2D eigenvalue weighted by Gasteiger charge is 2.35. The van der Waals surface area contributed by atoms with Crippen molar-refractivity contribution in [3.05, 3.63) is 39.5 Å². The molecule has 1 aliphatic heterocycles. The Kier molecular flexibility index (Phi) is 3.87. The van der Waals surface area contributed by atoms with Crippen molar-refractivity contribution in [2.45, 2.75) is 12.8 Å². The number of methoxy groups -OCH3 is 1. The summed E-state index contributed by atoms with van der Waals surface area (Å²) in [5.74, 6) is -0.497. The predicted octanol–water partition coefficient (Wildman–Crippen LogP) is 2.26. The van der Waals surface area contributed by atoms with Gasteiger partial charge in [0.1, 0.15) is 5.82 Å². The van der Waals surface area contributed by atoms with Gasteiger partial charge in [-0.15, -0.1) is 0 Å². The molecule has 0 unspecified atom stereocenters. The third kappa shape index (κ3) is 2.66. The Balaban J connectivity index is 1.82. The summed E-state index contributed by atoms with van der Waals surface area (Å²) < 4.78 is 23.5. The van der Waals surface area contributed by atoms with Gasteiger partial charge in [0.05, 0.1) is 23.5 Å². The first-order valence-corrected chi connectivity index (χ1v) is 7.02. The van der Waals surface area contributed by atoms with Crippen molar-refractivity contribution in [2.75, 3.05) is 20.2 Å². The summed E-state index contributed by atoms with van der Waals surface area (Å²) in [6, 6.07) is 2.30. The Morgan fingerprint density at radius 1 is 1.50 bits per heavy atom. The van der Waals surface area contributed by atoms with Crippen LogP contribution in [0, 0.1) is 22.9 Å². The number of ether oxygens (including phenoxy) is 1. The Bertz CT molecular complexity index is 815. The van der Waals surface area contributed by atoms with Gasteiger partial charge in [0.25, 0.3) is 11.6 Å². The minimum absolute atomic E-state index is 0.0106. The highest BCUT2D eigenvalue weighted by Crippen LogP contribution is 2.31. The molecule has 1 aromatic carbocycles. The zero-order valence-corrected chi connectivity index (χ0v) is 12.9. The Hall–Kier alpha value is -3.04. The van der Waals surface area contributed by atoms with Gasteiger partial charge >= 0.3 is 6.09 Å². The number of halogens is 1. The van der Waals surface area contributed by atoms with Crippen molar-refractivity contribution in [3.8, 4) is 11.5 Å². The molecule has 0 radical (unpaired) electrons. The number of benzene rings is 1. The van der Waals surface area contributed by atoms with E-state index in [9.17, 15) is 19.3 Å². The lowest BCUT2D eigenvalue weighted by Crippen LogP contribution is -2.48. The van der Waals surface area contributed by atoms with Crippen LogP contribution in [0.4, 0.5) is 14.9 Å². The minimum atomic E-state index is -0.723. The number of hydrogen-bond donors (Lipinski definition) is 0. The molecule has 10 heteroatoms. The molecule has 9 nitrogen and oxygen atoms in total. The first-order valence-electron chi connectivity index (χ1n) is 7.02. The minimum Gasteiger partial charge on any atom is -0.453 e. The molecule has 24 heavy (non-hydrogen) atoms. The zero-order valence-electron chi connectivity index (χ0n) is 12.9. The van der Waals surface area contributed by atoms with Gasteiger partial charge in [0.2, 0.25) is 0 Å². The third-order valence-electron chi connectivity index (χ3n) is 3.88. The summed E-state index contributed by atoms with van der Waals surface area (Å²) >= 11 is 0. The second kappa shape index (κ2) is 5.87. The summed E-state index contributed by atoms with van der Waals surface area (Å²) in [6.45, 7) is 2.09. The van der Waals surface area contributed by atoms with E-state index in [-0.39, 0.29) is 28.6 Å². The van der Waals surface area contributed by atoms with Crippen LogP contribution in [0.25, 0.3) is 11.5 Å². The first kappa shape index (κ1) is 15.8. The highest BCUT2D eigenvalue weighted by molar-refractivity contribution is 5.68. The van der Waals surface area contributed by atoms with E-state index in [0.29, 0.717) is 18.9 Å². The number of amides is 1. The molecule has 1 aromatic heterocycles. The molecule has 0 saturated carbocycles. The SMILES string of the molecule is COC(=O)N1CC(c2noc(-c3cc(F)c(C)c([N+](=O)[O-])c3)n2)C1. The van der Waals surface area contributed by atoms with Crippen LogP contribution in [-0.2, 0) is 4.74 Å². The summed E-state index contributed by atoms with van der Waals surface area (Å²) in [4.78, 5) is 27.2. The van der Waals surface area contributed by atoms with Crippen LogP contribution >= 0.6 is 0 Å². The second-order valence-corrected chi connectivity index (χ2v) is 5.39. The van der Waals surface area contributed by atoms with Gasteiger partial charge < -0.3 is 14.2 Å². The van der Waals surface area contributed by atoms with Crippen LogP contribution in [0.3, 0.4) is 0 Å². The molecule has 0 bridgehead atoms. The van der Waals surface area contributed by atoms with Gasteiger partial charge in [-0.2, -0.15) is 4.98 Å². The van der Waals surface area contributed by atoms with E-state index in [2.05, 4.69) is 14.9 Å². The van der Waals surface area contributed by atoms with Crippen molar-refractivity contribution in [1.82, 2.24) is 15.0 Å². The van der Waals surface area contributed by atoms with Crippen molar-refractivity contribution in [3.63, 3.8) is 0 Å². The fraction of sp³-hybridized carbons (Fsp3) is 0.357. The predicted molar refractivity (Wildman–Crippen MR) is 77.8 cm³/mol. The van der Waals surface area contributed by atoms with Gasteiger partial charge in [-0.25, -0.2) is 9.18 Å². The summed E-state index contributed by atoms with van der Waals surface area (Å²) in [5, 5.41) is 14.8. The molecule has 0 atom stereocenters. The molecule has 0 aliphatic carbocycles. The fourth-order valence-electron chi connectivity index (χ4n) is 2.42. The van der Waals surface area contributed by atoms with Gasteiger partial charge in [-0.05, 0) is 13.0 Å². The largest absolute Gasteiger partial charge is 0.453 e. The Labute approximate surface area is 135 Å². The van der Waals surface area contributed by atoms with E-state index >= 15 is 0 Å². The maximum Gasteiger partial charge on any atom is 0.409 e. The fourth-order valence-corrected chi connectivity index (χ4v) is 2.42. The van der Waals surface area contributed by atoms with Crippen LogP contribution in [0.2, 0.25) is 0 Å². The molecular weight excluding hydrogens is 323 g/mol. The summed E-state index contributed by atoms with van der Waals surface area (Å²) in [5.41, 5.74) is -0.283. The van der Waals surface area contributed by atoms with Crippen LogP contribution in [0.15, 0.2) is 16.7 Å². The average Bonchev–Trinajstić information content (AvgIpc) is 2.97. The van der Waals surface area contributed by atoms with E-state index in [0.717, 1.165) is 6.07 Å². The molecule has 0 N–H and O–H groups in total. The van der Waals surface area contributed by atoms with Crippen LogP contribution in [0.5, 0.6) is 0 Å². The molecular formula is C14H13FN4O5. The third-order valence-corrected chi connectivity index (χ3v) is 3.88. The molecule has 0 spiro atoms. The Morgan fingerprint density at radius 3 is 2.83 bits per heavy atom. The summed E-state index contributed by atoms with van der Waals surface area (Å²) in [7, 11) is 1.29. The number of likely N-dealkylation sites (tertiary alicyclic amines) is 1. The number of aromatic nitrogens is 2. The lowest BCUT2D eigenvalue weighted by atomic mass is 10.0. The average molecular weight is 336 g/mol. The monoisotopic (exact) mass is 336 g/mol. The number of hydrogen-bond acceptors (Lipinski definition) is 7. The van der Waals surface area contributed by atoms with E-state index in [1.54, 1.807) is 0 Å². The quantitative estimate of drug-likeness (QED) is 0.624. The second-order valence-electron chi connectivity index (χ2n) is 5.39. The maximum absolute atomic E-state index is 13.9. The number of carbonyl (C=O) groups is 1. The van der Waals surface area contributed by atoms with Gasteiger partial charge in [-0.3, -0.25) is 10.1 Å². The molecule has 2 heterocycles. The molecule has 2 aromatic rings. The maximum atomic E-state index is 13.9. The normalized spacial score (nSPS) is 14.4. The van der Waals surface area contributed by atoms with Gasteiger partial charge in [0, 0.05) is 24.7 Å². The molecule has 126 valence electrons. The number of nitrogens with zero attached hydrogens (tertiary/aromatic N) is 4. The number of rotatable bonds is 3. The van der Waals surface area contributed by atoms with Crippen LogP contribution in [-0.4, -0.2) is 46.3 Å². The van der Waals surface area contributed by atoms with E-state index < -0.39 is 16.8 Å². The molecule has 1 aliphatic rings. The first-order chi connectivity index (χ1) is 11.4. The smallest absolute Gasteiger partial charge is 0.409 e. The van der Waals surface area contributed by atoms with Crippen LogP contribution < -0.4 is 0 Å². The van der Waals surface area contributed by atoms with E-state index in [4.69, 9.17) is 4.52 Å². The molecule has 3 rings (SSSR count). The number of nitro groups is 1. The van der Waals surface area contributed by atoms with Gasteiger partial charge in [-0.1, -0.05) is 5.16 Å². The lowest BCUT2D eigenvalue weighted by molar-refractivity contribution is -0.385. The molecule has 1 saturated heterocycles. The standard InChI is InChI=1S/C14H13FN4O5/c1-7-10(15)3-8(4-11(7)19(21)22)13-16-12(17-24-13)9-5-18(6-9)14(20)23-2/h3-4,9H,5-6H2,1-2H3. The number of nitro benzene ring substituents is 1. The molecule has 1 amide bonds. The number of carbonyl (C=O) groups excluding carboxylic acids is 1. The van der Waals surface area contributed by atoms with Crippen molar-refractivity contribution >= 4 is 11.8 Å². The zero-order chi connectivity index (χ0) is 17.4. The van der Waals surface area contributed by atoms with Gasteiger partial charge in [0.15, 0.2) is 5.82 Å². The van der Waals surface area contributed by atoms with Crippen molar-refractivity contribution < 1.29 is 23.4 Å². The summed E-state index contributed by atoms with van der Waals surface area (Å²) in [6.07, 6.45) is -0.439. The van der Waals surface area contributed by atoms with Crippen molar-refractivity contribution in [2.24, 2.45) is 0 Å². The molecule has 1 fully saturated rings.